The van der Waals surface area contributed by atoms with Crippen molar-refractivity contribution >= 4 is 11.8 Å². The smallest absolute Gasteiger partial charge is 0.268 e. The summed E-state index contributed by atoms with van der Waals surface area (Å²) in [5, 5.41) is 0. The van der Waals surface area contributed by atoms with Crippen LogP contribution in [0.5, 0.6) is 0 Å². The number of aryl methyl sites for hydroxylation is 1. The highest BCUT2D eigenvalue weighted by Crippen LogP contribution is 2.23. The number of furan rings is 1. The van der Waals surface area contributed by atoms with Gasteiger partial charge in [-0.25, -0.2) is 5.84 Å². The molecule has 0 radical (unpaired) electrons. The zero-order valence-corrected chi connectivity index (χ0v) is 12.6. The average molecular weight is 293 g/mol. The molecular formula is C15H23N3O3. The molecule has 2 rings (SSSR count). The third-order valence-electron chi connectivity index (χ3n) is 4.19. The molecule has 1 fully saturated rings. The van der Waals surface area contributed by atoms with Gasteiger partial charge >= 0.3 is 0 Å². The highest BCUT2D eigenvalue weighted by molar-refractivity contribution is 5.94. The molecule has 3 N–H and O–H groups in total. The predicted molar refractivity (Wildman–Crippen MR) is 78.1 cm³/mol. The van der Waals surface area contributed by atoms with Crippen LogP contribution in [0.1, 0.15) is 54.5 Å². The van der Waals surface area contributed by atoms with Gasteiger partial charge < -0.3 is 9.32 Å². The van der Waals surface area contributed by atoms with Gasteiger partial charge in [-0.1, -0.05) is 13.3 Å². The Labute approximate surface area is 124 Å². The maximum atomic E-state index is 12.1. The molecule has 0 saturated carbocycles. The number of rotatable bonds is 4. The summed E-state index contributed by atoms with van der Waals surface area (Å²) in [7, 11) is 0. The zero-order valence-electron chi connectivity index (χ0n) is 12.6. The topological polar surface area (TPSA) is 88.6 Å². The third kappa shape index (κ3) is 3.64. The quantitative estimate of drug-likeness (QED) is 0.502. The van der Waals surface area contributed by atoms with Crippen molar-refractivity contribution in [3.8, 4) is 0 Å². The van der Waals surface area contributed by atoms with E-state index in [1.165, 1.54) is 0 Å². The Hall–Kier alpha value is -1.82. The van der Waals surface area contributed by atoms with Crippen LogP contribution >= 0.6 is 0 Å². The molecule has 2 heterocycles. The molecule has 1 unspecified atom stereocenters. The second-order valence-electron chi connectivity index (χ2n) is 5.57. The summed E-state index contributed by atoms with van der Waals surface area (Å²) >= 11 is 0. The number of nitrogen functional groups attached to an aromatic ring is 1. The van der Waals surface area contributed by atoms with E-state index in [1.54, 1.807) is 13.0 Å². The molecule has 1 aliphatic rings. The summed E-state index contributed by atoms with van der Waals surface area (Å²) in [5.74, 6) is 6.67. The molecule has 1 saturated heterocycles. The van der Waals surface area contributed by atoms with E-state index in [-0.39, 0.29) is 11.8 Å². The lowest BCUT2D eigenvalue weighted by atomic mass is 9.98. The lowest BCUT2D eigenvalue weighted by molar-refractivity contribution is -0.131. The number of hydrazine groups is 1. The molecule has 2 amide bonds. The first-order valence-electron chi connectivity index (χ1n) is 7.43. The van der Waals surface area contributed by atoms with Gasteiger partial charge in [0.15, 0.2) is 0 Å². The number of amides is 2. The summed E-state index contributed by atoms with van der Waals surface area (Å²) in [6, 6.07) is 1.66. The fourth-order valence-electron chi connectivity index (χ4n) is 2.78. The maximum Gasteiger partial charge on any atom is 0.268 e. The summed E-state index contributed by atoms with van der Waals surface area (Å²) in [6.45, 7) is 5.04. The Morgan fingerprint density at radius 3 is 2.95 bits per heavy atom. The van der Waals surface area contributed by atoms with Crippen LogP contribution in [0.3, 0.4) is 0 Å². The van der Waals surface area contributed by atoms with Crippen LogP contribution in [0.2, 0.25) is 0 Å². The third-order valence-corrected chi connectivity index (χ3v) is 4.19. The fraction of sp³-hybridized carbons (Fsp3) is 0.600. The Morgan fingerprint density at radius 2 is 2.29 bits per heavy atom. The van der Waals surface area contributed by atoms with Gasteiger partial charge in [-0.3, -0.25) is 15.0 Å². The van der Waals surface area contributed by atoms with Crippen molar-refractivity contribution < 1.29 is 14.0 Å². The van der Waals surface area contributed by atoms with Crippen molar-refractivity contribution in [3.05, 3.63) is 23.2 Å². The number of carbonyl (C=O) groups excluding carboxylic acids is 2. The minimum atomic E-state index is -0.379. The van der Waals surface area contributed by atoms with Crippen LogP contribution in [0, 0.1) is 12.8 Å². The largest absolute Gasteiger partial charge is 0.464 e. The normalized spacial score (nSPS) is 19.5. The molecule has 21 heavy (non-hydrogen) atoms. The van der Waals surface area contributed by atoms with E-state index in [2.05, 4.69) is 12.3 Å². The van der Waals surface area contributed by atoms with Crippen molar-refractivity contribution in [2.75, 3.05) is 6.54 Å². The minimum absolute atomic E-state index is 0.157. The van der Waals surface area contributed by atoms with Crippen LogP contribution in [0.4, 0.5) is 0 Å². The van der Waals surface area contributed by atoms with E-state index in [0.29, 0.717) is 36.0 Å². The highest BCUT2D eigenvalue weighted by Gasteiger charge is 2.23. The number of nitrogens with two attached hydrogens (primary N) is 1. The van der Waals surface area contributed by atoms with Crippen molar-refractivity contribution in [2.24, 2.45) is 11.8 Å². The molecule has 6 nitrogen and oxygen atoms in total. The standard InChI is InChI=1S/C15H23N3O3/c1-3-11-4-5-14(19)18(7-6-11)9-12-8-13(10(2)21-12)15(20)17-16/h8,11H,3-7,9,16H2,1-2H3,(H,17,20). The van der Waals surface area contributed by atoms with Gasteiger partial charge in [0, 0.05) is 13.0 Å². The van der Waals surface area contributed by atoms with Crippen LogP contribution in [-0.2, 0) is 11.3 Å². The second kappa shape index (κ2) is 6.76. The molecule has 116 valence electrons. The highest BCUT2D eigenvalue weighted by atomic mass is 16.3. The van der Waals surface area contributed by atoms with Gasteiger partial charge in [-0.15, -0.1) is 0 Å². The molecule has 1 atom stereocenters. The summed E-state index contributed by atoms with van der Waals surface area (Å²) in [6.07, 6.45) is 3.69. The van der Waals surface area contributed by atoms with E-state index in [1.807, 2.05) is 4.90 Å². The first-order chi connectivity index (χ1) is 10.0. The fourth-order valence-corrected chi connectivity index (χ4v) is 2.78. The Morgan fingerprint density at radius 1 is 1.52 bits per heavy atom. The van der Waals surface area contributed by atoms with Crippen molar-refractivity contribution in [1.29, 1.82) is 0 Å². The average Bonchev–Trinajstić information content (AvgIpc) is 2.75. The van der Waals surface area contributed by atoms with Crippen LogP contribution in [0.15, 0.2) is 10.5 Å². The Kier molecular flexibility index (Phi) is 5.01. The molecule has 1 aliphatic heterocycles. The Balaban J connectivity index is 2.07. The summed E-state index contributed by atoms with van der Waals surface area (Å²) in [4.78, 5) is 25.5. The number of nitrogens with one attached hydrogen (secondary N) is 1. The van der Waals surface area contributed by atoms with Crippen molar-refractivity contribution in [3.63, 3.8) is 0 Å². The van der Waals surface area contributed by atoms with E-state index in [0.717, 1.165) is 25.8 Å². The number of nitrogens with zero attached hydrogens (tertiary/aromatic N) is 1. The SMILES string of the molecule is CCC1CCC(=O)N(Cc2cc(C(=O)NN)c(C)o2)CC1. The monoisotopic (exact) mass is 293 g/mol. The van der Waals surface area contributed by atoms with E-state index in [9.17, 15) is 9.59 Å². The van der Waals surface area contributed by atoms with Gasteiger partial charge in [0.2, 0.25) is 5.91 Å². The predicted octanol–water partition coefficient (Wildman–Crippen LogP) is 1.73. The first-order valence-corrected chi connectivity index (χ1v) is 7.43. The number of hydrogen-bond donors (Lipinski definition) is 2. The van der Waals surface area contributed by atoms with Gasteiger partial charge in [0.1, 0.15) is 11.5 Å². The lowest BCUT2D eigenvalue weighted by Crippen LogP contribution is -2.30. The molecule has 0 aliphatic carbocycles. The molecule has 0 aromatic carbocycles. The molecule has 1 aromatic rings. The van der Waals surface area contributed by atoms with Gasteiger partial charge in [-0.05, 0) is 31.7 Å². The number of likely N-dealkylation sites (tertiary alicyclic amines) is 1. The lowest BCUT2D eigenvalue weighted by Gasteiger charge is -2.19. The first kappa shape index (κ1) is 15.6. The van der Waals surface area contributed by atoms with E-state index < -0.39 is 0 Å². The van der Waals surface area contributed by atoms with Crippen LogP contribution in [0.25, 0.3) is 0 Å². The molecule has 0 spiro atoms. The van der Waals surface area contributed by atoms with Gasteiger partial charge in [-0.2, -0.15) is 0 Å². The number of hydrogen-bond acceptors (Lipinski definition) is 4. The molecule has 6 heteroatoms. The maximum absolute atomic E-state index is 12.1. The second-order valence-corrected chi connectivity index (χ2v) is 5.57. The van der Waals surface area contributed by atoms with Crippen molar-refractivity contribution in [2.45, 2.75) is 46.1 Å². The zero-order chi connectivity index (χ0) is 15.4. The minimum Gasteiger partial charge on any atom is -0.464 e. The molecular weight excluding hydrogens is 270 g/mol. The van der Waals surface area contributed by atoms with E-state index in [4.69, 9.17) is 10.3 Å². The molecule has 0 bridgehead atoms. The molecule has 1 aromatic heterocycles. The summed E-state index contributed by atoms with van der Waals surface area (Å²) < 4.78 is 5.57. The summed E-state index contributed by atoms with van der Waals surface area (Å²) in [5.41, 5.74) is 2.51. The van der Waals surface area contributed by atoms with E-state index >= 15 is 0 Å². The Bertz CT molecular complexity index is 524. The number of carbonyl (C=O) groups is 2. The van der Waals surface area contributed by atoms with Gasteiger partial charge in [0.05, 0.1) is 12.1 Å². The van der Waals surface area contributed by atoms with Crippen LogP contribution in [-0.4, -0.2) is 23.3 Å². The van der Waals surface area contributed by atoms with Crippen molar-refractivity contribution in [1.82, 2.24) is 10.3 Å². The van der Waals surface area contributed by atoms with Crippen LogP contribution < -0.4 is 11.3 Å². The van der Waals surface area contributed by atoms with Gasteiger partial charge in [0.25, 0.3) is 5.91 Å².